The molecule has 0 aliphatic heterocycles. The third-order valence-electron chi connectivity index (χ3n) is 3.05. The molecule has 5 nitrogen and oxygen atoms in total. The van der Waals surface area contributed by atoms with Crippen molar-refractivity contribution in [2.75, 3.05) is 38.6 Å². The first kappa shape index (κ1) is 15.3. The van der Waals surface area contributed by atoms with Crippen LogP contribution in [0.4, 0.5) is 5.69 Å². The van der Waals surface area contributed by atoms with Gasteiger partial charge >= 0.3 is 0 Å². The number of hydrogen-bond acceptors (Lipinski definition) is 4. The molecule has 0 atom stereocenters. The lowest BCUT2D eigenvalue weighted by atomic mass is 10.1. The van der Waals surface area contributed by atoms with Crippen molar-refractivity contribution in [1.29, 1.82) is 0 Å². The fourth-order valence-corrected chi connectivity index (χ4v) is 1.95. The van der Waals surface area contributed by atoms with Crippen molar-refractivity contribution >= 4 is 11.5 Å². The Morgan fingerprint density at radius 1 is 1.21 bits per heavy atom. The van der Waals surface area contributed by atoms with Crippen LogP contribution in [-0.4, -0.2) is 49.7 Å². The molecule has 0 aromatic heterocycles. The molecule has 0 radical (unpaired) electrons. The second kappa shape index (κ2) is 7.63. The maximum absolute atomic E-state index is 8.63. The molecule has 3 N–H and O–H groups in total. The minimum absolute atomic E-state index is 0.141. The summed E-state index contributed by atoms with van der Waals surface area (Å²) in [6.45, 7) is 5.22. The van der Waals surface area contributed by atoms with E-state index in [1.54, 1.807) is 0 Å². The Hall–Kier alpha value is -1.75. The first-order chi connectivity index (χ1) is 9.08. The van der Waals surface area contributed by atoms with Gasteiger partial charge in [0.1, 0.15) is 0 Å². The molecule has 0 bridgehead atoms. The van der Waals surface area contributed by atoms with Gasteiger partial charge in [-0.25, -0.2) is 0 Å². The molecule has 106 valence electrons. The van der Waals surface area contributed by atoms with E-state index < -0.39 is 0 Å². The summed E-state index contributed by atoms with van der Waals surface area (Å²) in [5.74, 6) is 0.141. The Morgan fingerprint density at radius 2 is 1.84 bits per heavy atom. The maximum Gasteiger partial charge on any atom is 0.170 e. The van der Waals surface area contributed by atoms with E-state index in [0.29, 0.717) is 0 Å². The lowest BCUT2D eigenvalue weighted by Gasteiger charge is -2.24. The molecule has 0 fully saturated rings. The molecular weight excluding hydrogens is 240 g/mol. The molecule has 0 amide bonds. The third kappa shape index (κ3) is 4.79. The van der Waals surface area contributed by atoms with E-state index in [0.717, 1.165) is 37.3 Å². The van der Waals surface area contributed by atoms with Crippen LogP contribution >= 0.6 is 0 Å². The minimum atomic E-state index is 0.141. The Bertz CT molecular complexity index is 400. The van der Waals surface area contributed by atoms with E-state index in [4.69, 9.17) is 10.9 Å². The van der Waals surface area contributed by atoms with Gasteiger partial charge in [-0.1, -0.05) is 5.16 Å². The van der Waals surface area contributed by atoms with Gasteiger partial charge in [0.2, 0.25) is 0 Å². The summed E-state index contributed by atoms with van der Waals surface area (Å²) in [6, 6.07) is 7.76. The number of oxime groups is 1. The first-order valence-electron chi connectivity index (χ1n) is 6.56. The number of amidine groups is 1. The van der Waals surface area contributed by atoms with Crippen LogP contribution in [0.1, 0.15) is 18.9 Å². The third-order valence-corrected chi connectivity index (χ3v) is 3.05. The van der Waals surface area contributed by atoms with E-state index in [9.17, 15) is 0 Å². The molecule has 0 aliphatic carbocycles. The molecule has 0 aliphatic rings. The summed E-state index contributed by atoms with van der Waals surface area (Å²) >= 11 is 0. The Balaban J connectivity index is 2.66. The minimum Gasteiger partial charge on any atom is -0.409 e. The number of benzene rings is 1. The summed E-state index contributed by atoms with van der Waals surface area (Å²) in [4.78, 5) is 4.51. The van der Waals surface area contributed by atoms with Crippen LogP contribution in [0.25, 0.3) is 0 Å². The number of nitrogens with two attached hydrogens (primary N) is 1. The number of rotatable bonds is 7. The Morgan fingerprint density at radius 3 is 2.32 bits per heavy atom. The highest BCUT2D eigenvalue weighted by atomic mass is 16.4. The van der Waals surface area contributed by atoms with Crippen molar-refractivity contribution in [1.82, 2.24) is 4.90 Å². The average Bonchev–Trinajstić information content (AvgIpc) is 2.43. The molecule has 0 heterocycles. The van der Waals surface area contributed by atoms with Crippen LogP contribution in [0.2, 0.25) is 0 Å². The van der Waals surface area contributed by atoms with E-state index in [2.05, 4.69) is 36.0 Å². The summed E-state index contributed by atoms with van der Waals surface area (Å²) in [5, 5.41) is 11.6. The molecule has 1 aromatic carbocycles. The van der Waals surface area contributed by atoms with Crippen LogP contribution in [-0.2, 0) is 0 Å². The van der Waals surface area contributed by atoms with Gasteiger partial charge in [-0.15, -0.1) is 0 Å². The van der Waals surface area contributed by atoms with Crippen molar-refractivity contribution in [3.05, 3.63) is 29.8 Å². The maximum atomic E-state index is 8.63. The standard InChI is InChI=1S/C14H24N4O/c1-4-18(11-5-10-17(2)3)13-8-6-12(7-9-13)14(15)16-19/h6-9,19H,4-5,10-11H2,1-3H3,(H2,15,16). The van der Waals surface area contributed by atoms with Gasteiger partial charge in [0.25, 0.3) is 0 Å². The van der Waals surface area contributed by atoms with E-state index in [-0.39, 0.29) is 5.84 Å². The zero-order chi connectivity index (χ0) is 14.3. The predicted molar refractivity (Wildman–Crippen MR) is 80.0 cm³/mol. The molecule has 19 heavy (non-hydrogen) atoms. The lowest BCUT2D eigenvalue weighted by Crippen LogP contribution is -2.27. The number of anilines is 1. The van der Waals surface area contributed by atoms with Crippen LogP contribution in [0.15, 0.2) is 29.4 Å². The second-order valence-corrected chi connectivity index (χ2v) is 4.77. The van der Waals surface area contributed by atoms with Crippen LogP contribution < -0.4 is 10.6 Å². The monoisotopic (exact) mass is 264 g/mol. The molecule has 1 aromatic rings. The molecule has 0 unspecified atom stereocenters. The fraction of sp³-hybridized carbons (Fsp3) is 0.500. The molecule has 5 heteroatoms. The van der Waals surface area contributed by atoms with E-state index in [1.807, 2.05) is 24.3 Å². The fourth-order valence-electron chi connectivity index (χ4n) is 1.95. The van der Waals surface area contributed by atoms with Gasteiger partial charge < -0.3 is 20.7 Å². The SMILES string of the molecule is CCN(CCCN(C)C)c1ccc(/C(N)=N/O)cc1. The summed E-state index contributed by atoms with van der Waals surface area (Å²) in [7, 11) is 4.17. The van der Waals surface area contributed by atoms with Crippen molar-refractivity contribution < 1.29 is 5.21 Å². The molecular formula is C14H24N4O. The lowest BCUT2D eigenvalue weighted by molar-refractivity contribution is 0.318. The van der Waals surface area contributed by atoms with Crippen molar-refractivity contribution in [2.45, 2.75) is 13.3 Å². The van der Waals surface area contributed by atoms with Crippen molar-refractivity contribution in [2.24, 2.45) is 10.9 Å². The summed E-state index contributed by atoms with van der Waals surface area (Å²) in [5.41, 5.74) is 7.44. The topological polar surface area (TPSA) is 65.1 Å². The van der Waals surface area contributed by atoms with Crippen LogP contribution in [0.3, 0.4) is 0 Å². The first-order valence-corrected chi connectivity index (χ1v) is 6.56. The van der Waals surface area contributed by atoms with Gasteiger partial charge in [0.05, 0.1) is 0 Å². The number of hydrogen-bond donors (Lipinski definition) is 2. The zero-order valence-corrected chi connectivity index (χ0v) is 12.0. The molecule has 0 saturated carbocycles. The van der Waals surface area contributed by atoms with Gasteiger partial charge in [0.15, 0.2) is 5.84 Å². The van der Waals surface area contributed by atoms with Gasteiger partial charge in [-0.3, -0.25) is 0 Å². The normalized spacial score (nSPS) is 11.9. The predicted octanol–water partition coefficient (Wildman–Crippen LogP) is 1.56. The van der Waals surface area contributed by atoms with Gasteiger partial charge in [-0.05, 0) is 58.3 Å². The quantitative estimate of drug-likeness (QED) is 0.339. The summed E-state index contributed by atoms with van der Waals surface area (Å²) < 4.78 is 0. The smallest absolute Gasteiger partial charge is 0.170 e. The van der Waals surface area contributed by atoms with Gasteiger partial charge in [-0.2, -0.15) is 0 Å². The largest absolute Gasteiger partial charge is 0.409 e. The van der Waals surface area contributed by atoms with Crippen LogP contribution in [0.5, 0.6) is 0 Å². The molecule has 0 saturated heterocycles. The average molecular weight is 264 g/mol. The number of nitrogens with zero attached hydrogens (tertiary/aromatic N) is 3. The summed E-state index contributed by atoms with van der Waals surface area (Å²) in [6.07, 6.45) is 1.13. The van der Waals surface area contributed by atoms with Crippen molar-refractivity contribution in [3.63, 3.8) is 0 Å². The highest BCUT2D eigenvalue weighted by molar-refractivity contribution is 5.97. The van der Waals surface area contributed by atoms with E-state index >= 15 is 0 Å². The Labute approximate surface area is 115 Å². The van der Waals surface area contributed by atoms with E-state index in [1.165, 1.54) is 0 Å². The highest BCUT2D eigenvalue weighted by Crippen LogP contribution is 2.15. The molecule has 1 rings (SSSR count). The highest BCUT2D eigenvalue weighted by Gasteiger charge is 2.05. The zero-order valence-electron chi connectivity index (χ0n) is 12.0. The van der Waals surface area contributed by atoms with Crippen molar-refractivity contribution in [3.8, 4) is 0 Å². The van der Waals surface area contributed by atoms with Gasteiger partial charge in [0, 0.05) is 24.3 Å². The second-order valence-electron chi connectivity index (χ2n) is 4.77. The molecule has 0 spiro atoms. The van der Waals surface area contributed by atoms with Crippen LogP contribution in [0, 0.1) is 0 Å². The Kier molecular flexibility index (Phi) is 6.15.